The summed E-state index contributed by atoms with van der Waals surface area (Å²) in [4.78, 5) is 71.2. The van der Waals surface area contributed by atoms with E-state index in [9.17, 15) is 24.0 Å². The Morgan fingerprint density at radius 2 is 1.73 bits per heavy atom. The number of methoxy groups -OCH3 is 1. The van der Waals surface area contributed by atoms with Gasteiger partial charge < -0.3 is 24.1 Å². The maximum atomic E-state index is 14.0. The first-order chi connectivity index (χ1) is 21.3. The molecule has 0 bridgehead atoms. The lowest BCUT2D eigenvalue weighted by atomic mass is 9.83. The number of anilines is 1. The van der Waals surface area contributed by atoms with Gasteiger partial charge in [-0.3, -0.25) is 19.2 Å². The van der Waals surface area contributed by atoms with E-state index in [-0.39, 0.29) is 24.0 Å². The number of nitrogens with zero attached hydrogens (tertiary/aromatic N) is 2. The summed E-state index contributed by atoms with van der Waals surface area (Å²) < 4.78 is 16.5. The van der Waals surface area contributed by atoms with Gasteiger partial charge in [-0.25, -0.2) is 9.69 Å². The Bertz CT molecular complexity index is 1660. The van der Waals surface area contributed by atoms with Crippen molar-refractivity contribution in [3.63, 3.8) is 0 Å². The van der Waals surface area contributed by atoms with Gasteiger partial charge in [0.2, 0.25) is 11.8 Å². The first-order valence-corrected chi connectivity index (χ1v) is 16.1. The Morgan fingerprint density at radius 1 is 0.977 bits per heavy atom. The Balaban J connectivity index is 1.30. The zero-order chi connectivity index (χ0) is 31.0. The van der Waals surface area contributed by atoms with Crippen molar-refractivity contribution in [1.82, 2.24) is 9.88 Å². The number of amides is 3. The van der Waals surface area contributed by atoms with Crippen LogP contribution in [-0.2, 0) is 19.1 Å². The van der Waals surface area contributed by atoms with Gasteiger partial charge in [0.15, 0.2) is 18.1 Å². The summed E-state index contributed by atoms with van der Waals surface area (Å²) in [6.45, 7) is 3.26. The molecule has 3 atom stereocenters. The molecule has 13 heteroatoms. The van der Waals surface area contributed by atoms with Gasteiger partial charge in [0.1, 0.15) is 5.25 Å². The second-order valence-electron chi connectivity index (χ2n) is 10.7. The highest BCUT2D eigenvalue weighted by molar-refractivity contribution is 8.00. The maximum Gasteiger partial charge on any atom is 0.338 e. The number of carbonyl (C=O) groups excluding carboxylic acids is 4. The number of fused-ring (bicyclic) bond motifs is 2. The fraction of sp³-hybridized carbons (Fsp3) is 0.387. The van der Waals surface area contributed by atoms with E-state index in [0.29, 0.717) is 38.2 Å². The lowest BCUT2D eigenvalue weighted by Crippen LogP contribution is -2.38. The van der Waals surface area contributed by atoms with Crippen LogP contribution in [-0.4, -0.2) is 72.2 Å². The number of likely N-dealkylation sites (tertiary alicyclic amines) is 1. The van der Waals surface area contributed by atoms with Crippen LogP contribution < -0.4 is 19.2 Å². The Labute approximate surface area is 261 Å². The second-order valence-corrected chi connectivity index (χ2v) is 12.8. The summed E-state index contributed by atoms with van der Waals surface area (Å²) >= 11 is 2.19. The molecule has 4 heterocycles. The number of imide groups is 1. The molecule has 2 saturated heterocycles. The van der Waals surface area contributed by atoms with Crippen LogP contribution in [0.4, 0.5) is 5.69 Å². The van der Waals surface area contributed by atoms with Gasteiger partial charge in [-0.15, -0.1) is 0 Å². The van der Waals surface area contributed by atoms with Crippen LogP contribution in [0.3, 0.4) is 0 Å². The molecule has 3 aliphatic heterocycles. The molecule has 3 aliphatic rings. The standard InChI is InChI=1S/C31H31N3O8S2/c1-3-41-30(38)17-7-10-19(11-8-17)34-28(36)24-23(25-27(32-31(39)44-25)43-26(24)29(34)37)18-9-12-20(21(15-18)40-2)42-16-22(35)33-13-5-4-6-14-33/h7-12,15,23-24,26H,3-6,13-14,16H2,1-2H3,(H,32,39)/t23-,24?,26?/m1/s1. The third-order valence-electron chi connectivity index (χ3n) is 8.07. The normalized spacial score (nSPS) is 21.1. The number of thioether (sulfide) groups is 1. The number of piperidine rings is 1. The Kier molecular flexibility index (Phi) is 8.50. The van der Waals surface area contributed by atoms with E-state index < -0.39 is 34.9 Å². The minimum absolute atomic E-state index is 0.0878. The number of benzene rings is 2. The van der Waals surface area contributed by atoms with Crippen LogP contribution in [0, 0.1) is 5.92 Å². The van der Waals surface area contributed by atoms with Crippen molar-refractivity contribution in [2.24, 2.45) is 5.92 Å². The molecule has 3 aromatic rings. The molecular formula is C31H31N3O8S2. The molecule has 3 amide bonds. The third-order valence-corrected chi connectivity index (χ3v) is 10.5. The highest BCUT2D eigenvalue weighted by atomic mass is 32.2. The first kappa shape index (κ1) is 29.9. The molecule has 1 N–H and O–H groups in total. The molecule has 2 fully saturated rings. The van der Waals surface area contributed by atoms with Crippen molar-refractivity contribution in [3.8, 4) is 11.5 Å². The van der Waals surface area contributed by atoms with Crippen molar-refractivity contribution in [2.75, 3.05) is 38.3 Å². The molecule has 1 aromatic heterocycles. The van der Waals surface area contributed by atoms with Crippen molar-refractivity contribution in [1.29, 1.82) is 0 Å². The molecule has 0 radical (unpaired) electrons. The zero-order valence-corrected chi connectivity index (χ0v) is 25.8. The average molecular weight is 638 g/mol. The number of carbonyl (C=O) groups is 4. The zero-order valence-electron chi connectivity index (χ0n) is 24.2. The molecule has 44 heavy (non-hydrogen) atoms. The number of thiazole rings is 1. The van der Waals surface area contributed by atoms with E-state index in [1.165, 1.54) is 31.0 Å². The molecule has 0 spiro atoms. The predicted molar refractivity (Wildman–Crippen MR) is 164 cm³/mol. The van der Waals surface area contributed by atoms with E-state index >= 15 is 0 Å². The molecule has 0 saturated carbocycles. The Hall–Kier alpha value is -4.10. The maximum absolute atomic E-state index is 14.0. The highest BCUT2D eigenvalue weighted by Crippen LogP contribution is 2.53. The monoisotopic (exact) mass is 637 g/mol. The SMILES string of the molecule is CCOC(=O)c1ccc(N2C(=O)C3Sc4[nH]c(=O)sc4[C@H](c4ccc(OCC(=O)N5CCCCC5)c(OC)c4)C3C2=O)cc1. The molecule has 2 aromatic carbocycles. The highest BCUT2D eigenvalue weighted by Gasteiger charge is 2.56. The van der Waals surface area contributed by atoms with Crippen LogP contribution in [0.1, 0.15) is 52.9 Å². The number of nitrogens with one attached hydrogen (secondary N) is 1. The summed E-state index contributed by atoms with van der Waals surface area (Å²) in [6, 6.07) is 11.4. The minimum Gasteiger partial charge on any atom is -0.493 e. The van der Waals surface area contributed by atoms with Crippen LogP contribution in [0.5, 0.6) is 11.5 Å². The van der Waals surface area contributed by atoms with E-state index in [0.717, 1.165) is 48.6 Å². The third kappa shape index (κ3) is 5.50. The lowest BCUT2D eigenvalue weighted by molar-refractivity contribution is -0.134. The molecule has 230 valence electrons. The fourth-order valence-corrected chi connectivity index (χ4v) is 8.48. The number of aromatic nitrogens is 1. The number of ether oxygens (including phenoxy) is 3. The fourth-order valence-electron chi connectivity index (χ4n) is 5.96. The summed E-state index contributed by atoms with van der Waals surface area (Å²) in [6.07, 6.45) is 3.08. The Morgan fingerprint density at radius 3 is 2.43 bits per heavy atom. The van der Waals surface area contributed by atoms with E-state index in [1.54, 1.807) is 42.2 Å². The quantitative estimate of drug-likeness (QED) is 0.289. The van der Waals surface area contributed by atoms with Crippen LogP contribution >= 0.6 is 23.1 Å². The topological polar surface area (TPSA) is 135 Å². The van der Waals surface area contributed by atoms with Crippen LogP contribution in [0.15, 0.2) is 52.3 Å². The average Bonchev–Trinajstić information content (AvgIpc) is 3.54. The number of aromatic amines is 1. The van der Waals surface area contributed by atoms with Gasteiger partial charge >= 0.3 is 10.8 Å². The van der Waals surface area contributed by atoms with E-state index in [1.807, 2.05) is 0 Å². The number of hydrogen-bond donors (Lipinski definition) is 1. The summed E-state index contributed by atoms with van der Waals surface area (Å²) in [7, 11) is 1.49. The molecule has 11 nitrogen and oxygen atoms in total. The van der Waals surface area contributed by atoms with Gasteiger partial charge in [-0.1, -0.05) is 29.2 Å². The number of rotatable bonds is 8. The van der Waals surface area contributed by atoms with E-state index in [2.05, 4.69) is 4.98 Å². The summed E-state index contributed by atoms with van der Waals surface area (Å²) in [5, 5.41) is -0.225. The molecule has 0 aliphatic carbocycles. The van der Waals surface area contributed by atoms with E-state index in [4.69, 9.17) is 14.2 Å². The van der Waals surface area contributed by atoms with Crippen LogP contribution in [0.25, 0.3) is 0 Å². The van der Waals surface area contributed by atoms with Gasteiger partial charge in [0.25, 0.3) is 5.91 Å². The molecular weight excluding hydrogens is 606 g/mol. The summed E-state index contributed by atoms with van der Waals surface area (Å²) in [5.41, 5.74) is 1.33. The molecule has 2 unspecified atom stereocenters. The second kappa shape index (κ2) is 12.5. The van der Waals surface area contributed by atoms with Gasteiger partial charge in [0.05, 0.1) is 35.9 Å². The van der Waals surface area contributed by atoms with Crippen molar-refractivity contribution in [3.05, 3.63) is 68.1 Å². The van der Waals surface area contributed by atoms with Crippen molar-refractivity contribution < 1.29 is 33.4 Å². The van der Waals surface area contributed by atoms with Crippen LogP contribution in [0.2, 0.25) is 0 Å². The summed E-state index contributed by atoms with van der Waals surface area (Å²) in [5.74, 6) is -2.05. The minimum atomic E-state index is -0.798. The lowest BCUT2D eigenvalue weighted by Gasteiger charge is -2.30. The van der Waals surface area contributed by atoms with Crippen molar-refractivity contribution >= 4 is 52.5 Å². The van der Waals surface area contributed by atoms with Gasteiger partial charge in [-0.2, -0.15) is 0 Å². The number of H-pyrrole nitrogens is 1. The van der Waals surface area contributed by atoms with Gasteiger partial charge in [0, 0.05) is 23.9 Å². The number of hydrogen-bond acceptors (Lipinski definition) is 10. The van der Waals surface area contributed by atoms with Crippen molar-refractivity contribution in [2.45, 2.75) is 42.4 Å². The number of esters is 1. The smallest absolute Gasteiger partial charge is 0.338 e. The molecule has 6 rings (SSSR count). The largest absolute Gasteiger partial charge is 0.493 e. The first-order valence-electron chi connectivity index (χ1n) is 14.4. The van der Waals surface area contributed by atoms with Gasteiger partial charge in [-0.05, 0) is 68.1 Å². The predicted octanol–water partition coefficient (Wildman–Crippen LogP) is 3.81.